The quantitative estimate of drug-likeness (QED) is 0.341. The first-order valence-corrected chi connectivity index (χ1v) is 10.6. The summed E-state index contributed by atoms with van der Waals surface area (Å²) in [5, 5.41) is 0. The Morgan fingerprint density at radius 3 is 2.05 bits per heavy atom. The molecule has 4 heteroatoms. The lowest BCUT2D eigenvalue weighted by molar-refractivity contribution is 0.114. The molecule has 128 valence electrons. The fourth-order valence-corrected chi connectivity index (χ4v) is 5.80. The van der Waals surface area contributed by atoms with Crippen molar-refractivity contribution in [1.82, 2.24) is 0 Å². The Kier molecular flexibility index (Phi) is 9.96. The molecule has 0 fully saturated rings. The third-order valence-electron chi connectivity index (χ3n) is 4.58. The molecule has 0 aromatic carbocycles. The van der Waals surface area contributed by atoms with Crippen LogP contribution in [0.25, 0.3) is 0 Å². The van der Waals surface area contributed by atoms with Crippen molar-refractivity contribution < 1.29 is 13.3 Å². The van der Waals surface area contributed by atoms with Gasteiger partial charge in [0.1, 0.15) is 0 Å². The first kappa shape index (κ1) is 19.6. The second-order valence-corrected chi connectivity index (χ2v) is 9.15. The Morgan fingerprint density at radius 1 is 0.955 bits per heavy atom. The number of rotatable bonds is 13. The molecule has 0 saturated heterocycles. The fourth-order valence-electron chi connectivity index (χ4n) is 3.26. The normalized spacial score (nSPS) is 16.1. The van der Waals surface area contributed by atoms with E-state index in [-0.39, 0.29) is 5.54 Å². The monoisotopic (exact) mass is 326 g/mol. The molecule has 1 atom stereocenters. The van der Waals surface area contributed by atoms with E-state index in [1.165, 1.54) is 50.5 Å². The van der Waals surface area contributed by atoms with Crippen LogP contribution in [0.15, 0.2) is 23.8 Å². The molecule has 0 aromatic heterocycles. The van der Waals surface area contributed by atoms with Crippen LogP contribution in [0.5, 0.6) is 0 Å². The predicted octanol–water partition coefficient (Wildman–Crippen LogP) is 5.26. The molecule has 0 aliphatic heterocycles. The lowest BCUT2D eigenvalue weighted by Crippen LogP contribution is -2.48. The third-order valence-corrected chi connectivity index (χ3v) is 7.76. The van der Waals surface area contributed by atoms with Gasteiger partial charge in [0.15, 0.2) is 0 Å². The number of unbranched alkanes of at least 4 members (excludes halogenated alkanes) is 6. The lowest BCUT2D eigenvalue weighted by Gasteiger charge is -2.33. The average Bonchev–Trinajstić information content (AvgIpc) is 3.08. The zero-order valence-corrected chi connectivity index (χ0v) is 15.9. The second kappa shape index (κ2) is 11.2. The summed E-state index contributed by atoms with van der Waals surface area (Å²) in [5.41, 5.74) is 1.60. The van der Waals surface area contributed by atoms with Gasteiger partial charge in [0, 0.05) is 21.3 Å². The SMILES string of the molecule is CCCCCCCCCC(C1=CCC=C1)[Si](OC)(OC)OC. The maximum absolute atomic E-state index is 5.74. The van der Waals surface area contributed by atoms with Gasteiger partial charge in [-0.25, -0.2) is 0 Å². The molecule has 0 amide bonds. The molecule has 1 unspecified atom stereocenters. The number of allylic oxidation sites excluding steroid dienone is 4. The molecular weight excluding hydrogens is 292 g/mol. The molecule has 22 heavy (non-hydrogen) atoms. The second-order valence-electron chi connectivity index (χ2n) is 6.02. The molecule has 0 saturated carbocycles. The van der Waals surface area contributed by atoms with Gasteiger partial charge in [-0.15, -0.1) is 0 Å². The summed E-state index contributed by atoms with van der Waals surface area (Å²) < 4.78 is 17.2. The molecule has 0 aromatic rings. The van der Waals surface area contributed by atoms with E-state index in [0.717, 1.165) is 12.8 Å². The minimum absolute atomic E-state index is 0.266. The number of hydrogen-bond donors (Lipinski definition) is 0. The van der Waals surface area contributed by atoms with Gasteiger partial charge >= 0.3 is 8.80 Å². The first-order chi connectivity index (χ1) is 10.7. The summed E-state index contributed by atoms with van der Waals surface area (Å²) in [5.74, 6) is 0. The molecule has 1 aliphatic rings. The summed E-state index contributed by atoms with van der Waals surface area (Å²) in [6.07, 6.45) is 18.1. The minimum atomic E-state index is -2.61. The molecule has 0 spiro atoms. The molecule has 0 N–H and O–H groups in total. The molecule has 0 bridgehead atoms. The first-order valence-electron chi connectivity index (χ1n) is 8.76. The van der Waals surface area contributed by atoms with Gasteiger partial charge in [-0.1, -0.05) is 70.1 Å². The predicted molar refractivity (Wildman–Crippen MR) is 95.0 cm³/mol. The van der Waals surface area contributed by atoms with Crippen molar-refractivity contribution in [2.24, 2.45) is 0 Å². The maximum Gasteiger partial charge on any atom is 0.508 e. The Balaban J connectivity index is 2.51. The van der Waals surface area contributed by atoms with Gasteiger partial charge in [-0.2, -0.15) is 0 Å². The van der Waals surface area contributed by atoms with Crippen LogP contribution in [0, 0.1) is 0 Å². The highest BCUT2D eigenvalue weighted by Gasteiger charge is 2.48. The van der Waals surface area contributed by atoms with E-state index in [9.17, 15) is 0 Å². The summed E-state index contributed by atoms with van der Waals surface area (Å²) in [6, 6.07) is 0. The Hall–Kier alpha value is -0.423. The van der Waals surface area contributed by atoms with Crippen LogP contribution in [0.1, 0.15) is 64.7 Å². The number of hydrogen-bond acceptors (Lipinski definition) is 3. The van der Waals surface area contributed by atoms with Gasteiger partial charge in [-0.3, -0.25) is 0 Å². The summed E-state index contributed by atoms with van der Waals surface area (Å²) >= 11 is 0. The van der Waals surface area contributed by atoms with Crippen LogP contribution in [0.2, 0.25) is 5.54 Å². The highest BCUT2D eigenvalue weighted by molar-refractivity contribution is 6.63. The van der Waals surface area contributed by atoms with Crippen LogP contribution < -0.4 is 0 Å². The summed E-state index contributed by atoms with van der Waals surface area (Å²) in [7, 11) is 2.54. The highest BCUT2D eigenvalue weighted by atomic mass is 28.4. The Bertz CT molecular complexity index is 340. The van der Waals surface area contributed by atoms with E-state index >= 15 is 0 Å². The van der Waals surface area contributed by atoms with Crippen molar-refractivity contribution in [1.29, 1.82) is 0 Å². The van der Waals surface area contributed by atoms with E-state index < -0.39 is 8.80 Å². The van der Waals surface area contributed by atoms with Gasteiger partial charge in [0.2, 0.25) is 0 Å². The van der Waals surface area contributed by atoms with E-state index in [1.807, 2.05) is 0 Å². The van der Waals surface area contributed by atoms with Gasteiger partial charge in [0.05, 0.1) is 5.54 Å². The van der Waals surface area contributed by atoms with Gasteiger partial charge in [0.25, 0.3) is 0 Å². The van der Waals surface area contributed by atoms with Crippen molar-refractivity contribution in [3.05, 3.63) is 23.8 Å². The maximum atomic E-state index is 5.74. The van der Waals surface area contributed by atoms with E-state index in [4.69, 9.17) is 13.3 Å². The molecular formula is C18H34O3Si. The topological polar surface area (TPSA) is 27.7 Å². The zero-order chi connectivity index (χ0) is 16.3. The van der Waals surface area contributed by atoms with E-state index in [2.05, 4.69) is 25.2 Å². The Labute approximate surface area is 138 Å². The zero-order valence-electron chi connectivity index (χ0n) is 14.9. The van der Waals surface area contributed by atoms with E-state index in [1.54, 1.807) is 21.3 Å². The summed E-state index contributed by atoms with van der Waals surface area (Å²) in [6.45, 7) is 2.26. The fraction of sp³-hybridized carbons (Fsp3) is 0.778. The minimum Gasteiger partial charge on any atom is -0.376 e. The Morgan fingerprint density at radius 2 is 1.55 bits per heavy atom. The van der Waals surface area contributed by atoms with Crippen LogP contribution >= 0.6 is 0 Å². The standard InChI is InChI=1S/C18H34O3Si/c1-5-6-7-8-9-10-11-16-18(17-14-12-13-15-17)22(19-2,20-3)21-4/h12,14-15,18H,5-11,13,16H2,1-4H3. The van der Waals surface area contributed by atoms with Crippen molar-refractivity contribution in [2.45, 2.75) is 70.3 Å². The van der Waals surface area contributed by atoms with Crippen LogP contribution in [-0.4, -0.2) is 30.1 Å². The van der Waals surface area contributed by atoms with Crippen molar-refractivity contribution in [3.63, 3.8) is 0 Å². The average molecular weight is 327 g/mol. The van der Waals surface area contributed by atoms with Gasteiger partial charge in [-0.05, 0) is 18.4 Å². The molecule has 1 aliphatic carbocycles. The van der Waals surface area contributed by atoms with E-state index in [0.29, 0.717) is 0 Å². The largest absolute Gasteiger partial charge is 0.508 e. The smallest absolute Gasteiger partial charge is 0.376 e. The van der Waals surface area contributed by atoms with Crippen LogP contribution in [0.3, 0.4) is 0 Å². The molecule has 0 radical (unpaired) electrons. The molecule has 1 rings (SSSR count). The van der Waals surface area contributed by atoms with Crippen molar-refractivity contribution in [2.75, 3.05) is 21.3 Å². The molecule has 0 heterocycles. The molecule has 3 nitrogen and oxygen atoms in total. The van der Waals surface area contributed by atoms with Crippen LogP contribution in [0.4, 0.5) is 0 Å². The van der Waals surface area contributed by atoms with Crippen molar-refractivity contribution >= 4 is 8.80 Å². The van der Waals surface area contributed by atoms with Crippen LogP contribution in [-0.2, 0) is 13.3 Å². The summed E-state index contributed by atoms with van der Waals surface area (Å²) in [4.78, 5) is 0. The van der Waals surface area contributed by atoms with Gasteiger partial charge < -0.3 is 13.3 Å². The highest BCUT2D eigenvalue weighted by Crippen LogP contribution is 2.38. The lowest BCUT2D eigenvalue weighted by atomic mass is 10.0. The van der Waals surface area contributed by atoms with Crippen molar-refractivity contribution in [3.8, 4) is 0 Å². The third kappa shape index (κ3) is 5.65.